The molecule has 0 aromatic heterocycles. The minimum atomic E-state index is -0.803. The molecule has 6 heteroatoms. The number of likely N-dealkylation sites (tertiary alicyclic amines) is 2. The number of benzene rings is 1. The van der Waals surface area contributed by atoms with Gasteiger partial charge in [0.2, 0.25) is 11.8 Å². The Morgan fingerprint density at radius 2 is 1.93 bits per heavy atom. The number of carboxylic acids is 1. The molecule has 1 N–H and O–H groups in total. The Bertz CT molecular complexity index is 750. The third-order valence-corrected chi connectivity index (χ3v) is 6.63. The van der Waals surface area contributed by atoms with E-state index in [2.05, 4.69) is 0 Å². The van der Waals surface area contributed by atoms with E-state index < -0.39 is 17.4 Å². The second-order valence-corrected chi connectivity index (χ2v) is 8.13. The molecule has 2 saturated heterocycles. The van der Waals surface area contributed by atoms with E-state index in [9.17, 15) is 19.5 Å². The number of piperidine rings is 1. The van der Waals surface area contributed by atoms with E-state index in [0.717, 1.165) is 31.2 Å². The first-order chi connectivity index (χ1) is 13.0. The van der Waals surface area contributed by atoms with E-state index in [1.54, 1.807) is 9.80 Å². The van der Waals surface area contributed by atoms with Gasteiger partial charge in [-0.2, -0.15) is 0 Å². The molecule has 6 nitrogen and oxygen atoms in total. The molecule has 3 aliphatic rings. The highest BCUT2D eigenvalue weighted by Gasteiger charge is 2.56. The van der Waals surface area contributed by atoms with E-state index in [0.29, 0.717) is 25.9 Å². The molecule has 1 saturated carbocycles. The van der Waals surface area contributed by atoms with Crippen molar-refractivity contribution >= 4 is 17.8 Å². The molecule has 2 amide bonds. The summed E-state index contributed by atoms with van der Waals surface area (Å²) in [6.45, 7) is 1.32. The fourth-order valence-electron chi connectivity index (χ4n) is 5.17. The largest absolute Gasteiger partial charge is 0.481 e. The van der Waals surface area contributed by atoms with Crippen LogP contribution in [0, 0.1) is 11.3 Å². The van der Waals surface area contributed by atoms with Crippen LogP contribution in [0.4, 0.5) is 0 Å². The highest BCUT2D eigenvalue weighted by Crippen LogP contribution is 2.49. The van der Waals surface area contributed by atoms with Crippen LogP contribution in [0.1, 0.15) is 50.1 Å². The van der Waals surface area contributed by atoms with Gasteiger partial charge >= 0.3 is 5.97 Å². The number of carbonyl (C=O) groups excluding carboxylic acids is 2. The van der Waals surface area contributed by atoms with Crippen LogP contribution in [0.3, 0.4) is 0 Å². The minimum Gasteiger partial charge on any atom is -0.481 e. The number of aliphatic carboxylic acids is 1. The Kier molecular flexibility index (Phi) is 4.66. The van der Waals surface area contributed by atoms with Crippen LogP contribution in [-0.2, 0) is 14.4 Å². The number of nitrogens with zero attached hydrogens (tertiary/aromatic N) is 2. The summed E-state index contributed by atoms with van der Waals surface area (Å²) in [5, 5.41) is 9.82. The summed E-state index contributed by atoms with van der Waals surface area (Å²) in [5.74, 6) is -0.889. The Labute approximate surface area is 159 Å². The van der Waals surface area contributed by atoms with Crippen LogP contribution in [0.15, 0.2) is 30.3 Å². The molecular formula is C21H26N2O4. The zero-order valence-electron chi connectivity index (χ0n) is 15.5. The maximum Gasteiger partial charge on any atom is 0.311 e. The van der Waals surface area contributed by atoms with Crippen molar-refractivity contribution in [2.24, 2.45) is 11.3 Å². The van der Waals surface area contributed by atoms with Gasteiger partial charge in [-0.25, -0.2) is 0 Å². The van der Waals surface area contributed by atoms with Crippen molar-refractivity contribution in [3.63, 3.8) is 0 Å². The molecule has 0 radical (unpaired) electrons. The maximum absolute atomic E-state index is 13.5. The molecule has 0 bridgehead atoms. The molecule has 144 valence electrons. The summed E-state index contributed by atoms with van der Waals surface area (Å²) < 4.78 is 0. The number of carbonyl (C=O) groups is 3. The van der Waals surface area contributed by atoms with E-state index in [4.69, 9.17) is 0 Å². The molecule has 2 aliphatic heterocycles. The SMILES string of the molecule is O=C(C(c1ccccc1)N1CCCCC1=O)N1C[C@@H]2CCC[C@@]2(C(=O)O)C1. The topological polar surface area (TPSA) is 77.9 Å². The fraction of sp³-hybridized carbons (Fsp3) is 0.571. The number of hydrogen-bond acceptors (Lipinski definition) is 3. The van der Waals surface area contributed by atoms with Crippen molar-refractivity contribution in [1.29, 1.82) is 0 Å². The Hall–Kier alpha value is -2.37. The van der Waals surface area contributed by atoms with Gasteiger partial charge in [0, 0.05) is 26.1 Å². The van der Waals surface area contributed by atoms with Gasteiger partial charge in [0.25, 0.3) is 0 Å². The third kappa shape index (κ3) is 3.01. The van der Waals surface area contributed by atoms with Crippen molar-refractivity contribution < 1.29 is 19.5 Å². The van der Waals surface area contributed by atoms with Crippen LogP contribution in [0.25, 0.3) is 0 Å². The number of carboxylic acid groups (broad SMARTS) is 1. The molecule has 1 aliphatic carbocycles. The molecule has 1 unspecified atom stereocenters. The molecule has 3 fully saturated rings. The molecule has 4 rings (SSSR count). The van der Waals surface area contributed by atoms with Gasteiger partial charge in [0.1, 0.15) is 6.04 Å². The van der Waals surface area contributed by atoms with Crippen molar-refractivity contribution in [3.05, 3.63) is 35.9 Å². The monoisotopic (exact) mass is 370 g/mol. The second-order valence-electron chi connectivity index (χ2n) is 8.13. The lowest BCUT2D eigenvalue weighted by atomic mass is 9.81. The van der Waals surface area contributed by atoms with Crippen molar-refractivity contribution in [3.8, 4) is 0 Å². The van der Waals surface area contributed by atoms with Gasteiger partial charge in [-0.15, -0.1) is 0 Å². The van der Waals surface area contributed by atoms with Crippen LogP contribution >= 0.6 is 0 Å². The van der Waals surface area contributed by atoms with Crippen molar-refractivity contribution in [2.75, 3.05) is 19.6 Å². The van der Waals surface area contributed by atoms with Gasteiger partial charge in [-0.3, -0.25) is 14.4 Å². The molecule has 27 heavy (non-hydrogen) atoms. The third-order valence-electron chi connectivity index (χ3n) is 6.63. The van der Waals surface area contributed by atoms with Crippen LogP contribution < -0.4 is 0 Å². The lowest BCUT2D eigenvalue weighted by Crippen LogP contribution is -2.47. The second kappa shape index (κ2) is 6.98. The van der Waals surface area contributed by atoms with Gasteiger partial charge in [0.15, 0.2) is 0 Å². The highest BCUT2D eigenvalue weighted by atomic mass is 16.4. The lowest BCUT2D eigenvalue weighted by Gasteiger charge is -2.36. The first kappa shape index (κ1) is 18.0. The maximum atomic E-state index is 13.5. The predicted molar refractivity (Wildman–Crippen MR) is 98.7 cm³/mol. The quantitative estimate of drug-likeness (QED) is 0.883. The smallest absolute Gasteiger partial charge is 0.311 e. The van der Waals surface area contributed by atoms with Crippen LogP contribution in [0.2, 0.25) is 0 Å². The van der Waals surface area contributed by atoms with Crippen molar-refractivity contribution in [1.82, 2.24) is 9.80 Å². The summed E-state index contributed by atoms with van der Waals surface area (Å²) in [6.07, 6.45) is 4.62. The average molecular weight is 370 g/mol. The fourth-order valence-corrected chi connectivity index (χ4v) is 5.17. The summed E-state index contributed by atoms with van der Waals surface area (Å²) >= 11 is 0. The standard InChI is InChI=1S/C21H26N2O4/c24-17-10-4-5-12-23(17)18(15-7-2-1-3-8-15)19(25)22-13-16-9-6-11-21(16,14-22)20(26)27/h1-3,7-8,16,18H,4-6,9-14H2,(H,26,27)/t16-,18?,21+/m0/s1. The summed E-state index contributed by atoms with van der Waals surface area (Å²) in [7, 11) is 0. The Morgan fingerprint density at radius 3 is 2.59 bits per heavy atom. The highest BCUT2D eigenvalue weighted by molar-refractivity contribution is 5.90. The van der Waals surface area contributed by atoms with Crippen molar-refractivity contribution in [2.45, 2.75) is 44.6 Å². The van der Waals surface area contributed by atoms with E-state index >= 15 is 0 Å². The number of rotatable bonds is 4. The van der Waals surface area contributed by atoms with Gasteiger partial charge < -0.3 is 14.9 Å². The number of fused-ring (bicyclic) bond motifs is 1. The minimum absolute atomic E-state index is 0.00999. The first-order valence-corrected chi connectivity index (χ1v) is 9.89. The lowest BCUT2D eigenvalue weighted by molar-refractivity contribution is -0.151. The predicted octanol–water partition coefficient (Wildman–Crippen LogP) is 2.45. The first-order valence-electron chi connectivity index (χ1n) is 9.89. The van der Waals surface area contributed by atoms with E-state index in [-0.39, 0.29) is 24.3 Å². The number of amides is 2. The average Bonchev–Trinajstić information content (AvgIpc) is 3.23. The Morgan fingerprint density at radius 1 is 1.15 bits per heavy atom. The molecule has 1 aromatic rings. The van der Waals surface area contributed by atoms with E-state index in [1.807, 2.05) is 30.3 Å². The zero-order chi connectivity index (χ0) is 19.0. The normalized spacial score (nSPS) is 28.9. The van der Waals surface area contributed by atoms with Gasteiger partial charge in [0.05, 0.1) is 5.41 Å². The molecule has 3 atom stereocenters. The summed E-state index contributed by atoms with van der Waals surface area (Å²) in [4.78, 5) is 41.4. The summed E-state index contributed by atoms with van der Waals surface area (Å²) in [5.41, 5.74) is 0.00203. The zero-order valence-corrected chi connectivity index (χ0v) is 15.5. The van der Waals surface area contributed by atoms with E-state index in [1.165, 1.54) is 0 Å². The van der Waals surface area contributed by atoms with Crippen LogP contribution in [0.5, 0.6) is 0 Å². The summed E-state index contributed by atoms with van der Waals surface area (Å²) in [6, 6.07) is 8.76. The number of hydrogen-bond donors (Lipinski definition) is 1. The van der Waals surface area contributed by atoms with Gasteiger partial charge in [-0.05, 0) is 37.2 Å². The molecule has 2 heterocycles. The Balaban J connectivity index is 1.64. The molecule has 1 aromatic carbocycles. The molecular weight excluding hydrogens is 344 g/mol. The molecule has 0 spiro atoms. The van der Waals surface area contributed by atoms with Gasteiger partial charge in [-0.1, -0.05) is 36.8 Å². The van der Waals surface area contributed by atoms with Crippen LogP contribution in [-0.4, -0.2) is 52.3 Å².